The van der Waals surface area contributed by atoms with Gasteiger partial charge in [-0.05, 0) is 23.8 Å². The van der Waals surface area contributed by atoms with Crippen LogP contribution >= 0.6 is 0 Å². The average Bonchev–Trinajstić information content (AvgIpc) is 2.39. The van der Waals surface area contributed by atoms with E-state index in [0.717, 1.165) is 0 Å². The average molecular weight is 284 g/mol. The molecule has 5 heteroatoms. The zero-order valence-electron chi connectivity index (χ0n) is 9.61. The standard InChI is InChI=1S/C14H12O3S.Na.H/c1-2-12-8-6-7-11-14(12)18(15,16)17-13-9-4-3-5-10-13;;/h2-11H,1H2;;. The van der Waals surface area contributed by atoms with Crippen molar-refractivity contribution in [3.05, 3.63) is 66.7 Å². The molecule has 0 saturated heterocycles. The van der Waals surface area contributed by atoms with Gasteiger partial charge >= 0.3 is 39.7 Å². The van der Waals surface area contributed by atoms with Crippen molar-refractivity contribution < 1.29 is 12.6 Å². The molecule has 2 aromatic carbocycles. The van der Waals surface area contributed by atoms with Gasteiger partial charge in [-0.15, -0.1) is 0 Å². The molecule has 0 radical (unpaired) electrons. The summed E-state index contributed by atoms with van der Waals surface area (Å²) in [6.07, 6.45) is 1.49. The molecule has 0 saturated carbocycles. The Morgan fingerprint density at radius 3 is 2.16 bits per heavy atom. The predicted molar refractivity (Wildman–Crippen MR) is 77.9 cm³/mol. The molecule has 94 valence electrons. The maximum atomic E-state index is 12.1. The summed E-state index contributed by atoms with van der Waals surface area (Å²) in [6.45, 7) is 3.59. The Kier molecular flexibility index (Phi) is 5.82. The van der Waals surface area contributed by atoms with Crippen molar-refractivity contribution >= 4 is 45.8 Å². The molecule has 0 heterocycles. The van der Waals surface area contributed by atoms with Gasteiger partial charge in [-0.1, -0.05) is 49.1 Å². The zero-order chi connectivity index (χ0) is 13.0. The molecule has 0 aromatic heterocycles. The summed E-state index contributed by atoms with van der Waals surface area (Å²) in [7, 11) is -3.83. The van der Waals surface area contributed by atoms with Crippen molar-refractivity contribution in [1.29, 1.82) is 0 Å². The van der Waals surface area contributed by atoms with Crippen LogP contribution in [0.15, 0.2) is 66.1 Å². The van der Waals surface area contributed by atoms with Crippen LogP contribution in [0, 0.1) is 0 Å². The summed E-state index contributed by atoms with van der Waals surface area (Å²) in [5.74, 6) is 0.288. The topological polar surface area (TPSA) is 43.4 Å². The third-order valence-electron chi connectivity index (χ3n) is 2.36. The van der Waals surface area contributed by atoms with E-state index < -0.39 is 10.1 Å². The fraction of sp³-hybridized carbons (Fsp3) is 0. The molecule has 0 aliphatic rings. The van der Waals surface area contributed by atoms with Crippen LogP contribution in [0.5, 0.6) is 5.75 Å². The monoisotopic (exact) mass is 284 g/mol. The molecule has 0 aliphatic heterocycles. The SMILES string of the molecule is C=Cc1ccccc1S(=O)(=O)Oc1ccccc1.[NaH]. The molecule has 19 heavy (non-hydrogen) atoms. The van der Waals surface area contributed by atoms with Crippen molar-refractivity contribution in [3.8, 4) is 5.75 Å². The minimum atomic E-state index is -3.83. The van der Waals surface area contributed by atoms with Crippen molar-refractivity contribution in [2.24, 2.45) is 0 Å². The maximum absolute atomic E-state index is 12.1. The molecule has 0 atom stereocenters. The summed E-state index contributed by atoms with van der Waals surface area (Å²) < 4.78 is 29.3. The third kappa shape index (κ3) is 3.94. The van der Waals surface area contributed by atoms with E-state index in [1.54, 1.807) is 48.5 Å². The van der Waals surface area contributed by atoms with E-state index in [-0.39, 0.29) is 40.2 Å². The molecular weight excluding hydrogens is 271 g/mol. The molecule has 2 rings (SSSR count). The molecule has 0 bridgehead atoms. The molecule has 0 fully saturated rings. The van der Waals surface area contributed by atoms with E-state index in [0.29, 0.717) is 5.56 Å². The van der Waals surface area contributed by atoms with Gasteiger partial charge in [0, 0.05) is 0 Å². The Hall–Kier alpha value is -1.07. The number of hydrogen-bond acceptors (Lipinski definition) is 3. The molecule has 0 N–H and O–H groups in total. The van der Waals surface area contributed by atoms with Crippen LogP contribution in [0.25, 0.3) is 6.08 Å². The summed E-state index contributed by atoms with van der Waals surface area (Å²) in [6, 6.07) is 15.0. The first-order valence-electron chi connectivity index (χ1n) is 5.34. The summed E-state index contributed by atoms with van der Waals surface area (Å²) in [5.41, 5.74) is 0.522. The molecular formula is C14H13NaO3S. The van der Waals surface area contributed by atoms with Crippen LogP contribution in [0.2, 0.25) is 0 Å². The Morgan fingerprint density at radius 2 is 1.53 bits per heavy atom. The molecule has 0 aliphatic carbocycles. The normalized spacial score (nSPS) is 10.3. The second-order valence-corrected chi connectivity index (χ2v) is 5.11. The predicted octanol–water partition coefficient (Wildman–Crippen LogP) is 2.45. The first kappa shape index (κ1) is 16.0. The number of benzene rings is 2. The van der Waals surface area contributed by atoms with Gasteiger partial charge in [-0.3, -0.25) is 0 Å². The van der Waals surface area contributed by atoms with Gasteiger partial charge in [0.2, 0.25) is 0 Å². The van der Waals surface area contributed by atoms with Gasteiger partial charge in [-0.2, -0.15) is 8.42 Å². The Labute approximate surface area is 135 Å². The first-order chi connectivity index (χ1) is 8.63. The van der Waals surface area contributed by atoms with Gasteiger partial charge in [0.1, 0.15) is 10.6 Å². The zero-order valence-corrected chi connectivity index (χ0v) is 10.4. The number of hydrogen-bond donors (Lipinski definition) is 0. The second kappa shape index (κ2) is 6.91. The van der Waals surface area contributed by atoms with E-state index in [1.807, 2.05) is 0 Å². The fourth-order valence-corrected chi connectivity index (χ4v) is 2.66. The minimum absolute atomic E-state index is 0. The van der Waals surface area contributed by atoms with Gasteiger partial charge < -0.3 is 4.18 Å². The quantitative estimate of drug-likeness (QED) is 0.640. The van der Waals surface area contributed by atoms with Crippen LogP contribution in [0.1, 0.15) is 5.56 Å². The summed E-state index contributed by atoms with van der Waals surface area (Å²) in [4.78, 5) is 0.115. The first-order valence-corrected chi connectivity index (χ1v) is 6.75. The summed E-state index contributed by atoms with van der Waals surface area (Å²) >= 11 is 0. The molecule has 3 nitrogen and oxygen atoms in total. The fourth-order valence-electron chi connectivity index (χ4n) is 1.52. The summed E-state index contributed by atoms with van der Waals surface area (Å²) in [5, 5.41) is 0. The number of rotatable bonds is 4. The Bertz CT molecular complexity index is 651. The van der Waals surface area contributed by atoms with Crippen LogP contribution in [-0.2, 0) is 10.1 Å². The van der Waals surface area contributed by atoms with Crippen molar-refractivity contribution in [3.63, 3.8) is 0 Å². The van der Waals surface area contributed by atoms with E-state index in [1.165, 1.54) is 12.1 Å². The molecule has 0 amide bonds. The van der Waals surface area contributed by atoms with Gasteiger partial charge in [-0.25, -0.2) is 0 Å². The molecule has 0 unspecified atom stereocenters. The van der Waals surface area contributed by atoms with Crippen molar-refractivity contribution in [2.45, 2.75) is 4.90 Å². The molecule has 2 aromatic rings. The van der Waals surface area contributed by atoms with E-state index in [9.17, 15) is 8.42 Å². The Morgan fingerprint density at radius 1 is 0.947 bits per heavy atom. The van der Waals surface area contributed by atoms with E-state index in [4.69, 9.17) is 4.18 Å². The van der Waals surface area contributed by atoms with Gasteiger partial charge in [0.05, 0.1) is 0 Å². The van der Waals surface area contributed by atoms with Crippen LogP contribution in [0.3, 0.4) is 0 Å². The van der Waals surface area contributed by atoms with Gasteiger partial charge in [0.25, 0.3) is 0 Å². The van der Waals surface area contributed by atoms with E-state index >= 15 is 0 Å². The van der Waals surface area contributed by atoms with Crippen LogP contribution < -0.4 is 4.18 Å². The van der Waals surface area contributed by atoms with E-state index in [2.05, 4.69) is 6.58 Å². The van der Waals surface area contributed by atoms with Crippen LogP contribution in [-0.4, -0.2) is 38.0 Å². The Balaban J connectivity index is 0.00000180. The second-order valence-electron chi connectivity index (χ2n) is 3.59. The van der Waals surface area contributed by atoms with Gasteiger partial charge in [0.15, 0.2) is 0 Å². The van der Waals surface area contributed by atoms with Crippen molar-refractivity contribution in [2.75, 3.05) is 0 Å². The molecule has 0 spiro atoms. The van der Waals surface area contributed by atoms with Crippen molar-refractivity contribution in [1.82, 2.24) is 0 Å². The number of para-hydroxylation sites is 1. The van der Waals surface area contributed by atoms with Crippen LogP contribution in [0.4, 0.5) is 0 Å². The third-order valence-corrected chi connectivity index (χ3v) is 3.68.